The zero-order chi connectivity index (χ0) is 17.4. The van der Waals surface area contributed by atoms with Crippen molar-refractivity contribution in [1.29, 1.82) is 0 Å². The Bertz CT molecular complexity index is 536. The average molecular weight is 334 g/mol. The van der Waals surface area contributed by atoms with Gasteiger partial charge in [-0.15, -0.1) is 0 Å². The largest absolute Gasteiger partial charge is 0.480 e. The molecule has 0 aliphatic carbocycles. The van der Waals surface area contributed by atoms with Gasteiger partial charge in [0.2, 0.25) is 0 Å². The molecule has 0 N–H and O–H groups in total. The van der Waals surface area contributed by atoms with E-state index in [1.165, 1.54) is 57.5 Å². The van der Waals surface area contributed by atoms with Crippen LogP contribution < -0.4 is 0 Å². The number of hydrogen-bond acceptors (Lipinski definition) is 3. The Morgan fingerprint density at radius 1 is 1.29 bits per heavy atom. The van der Waals surface area contributed by atoms with E-state index in [2.05, 4.69) is 16.8 Å². The van der Waals surface area contributed by atoms with E-state index in [9.17, 15) is 4.39 Å². The second-order valence-corrected chi connectivity index (χ2v) is 6.74. The molecule has 0 radical (unpaired) electrons. The van der Waals surface area contributed by atoms with Crippen LogP contribution in [0.5, 0.6) is 0 Å². The lowest BCUT2D eigenvalue weighted by Gasteiger charge is -2.31. The summed E-state index contributed by atoms with van der Waals surface area (Å²) in [5.41, 5.74) is 1.64. The quantitative estimate of drug-likeness (QED) is 0.512. The van der Waals surface area contributed by atoms with E-state index in [1.54, 1.807) is 6.07 Å². The van der Waals surface area contributed by atoms with E-state index < -0.39 is 0 Å². The highest BCUT2D eigenvalue weighted by molar-refractivity contribution is 5.79. The minimum Gasteiger partial charge on any atom is -0.480 e. The first kappa shape index (κ1) is 18.9. The Morgan fingerprint density at radius 2 is 2.04 bits per heavy atom. The minimum absolute atomic E-state index is 0.222. The van der Waals surface area contributed by atoms with Crippen LogP contribution in [0.15, 0.2) is 23.2 Å². The molecule has 2 rings (SSSR count). The van der Waals surface area contributed by atoms with Crippen molar-refractivity contribution in [3.63, 3.8) is 0 Å². The first-order chi connectivity index (χ1) is 11.6. The van der Waals surface area contributed by atoms with Gasteiger partial charge in [0.05, 0.1) is 12.3 Å². The molecule has 1 aromatic carbocycles. The molecule has 0 bridgehead atoms. The van der Waals surface area contributed by atoms with Crippen LogP contribution in [0.3, 0.4) is 0 Å². The summed E-state index contributed by atoms with van der Waals surface area (Å²) in [6, 6.07) is 4.68. The molecule has 0 saturated carbocycles. The Hall–Kier alpha value is -1.42. The molecule has 0 aromatic heterocycles. The molecule has 1 heterocycles. The Morgan fingerprint density at radius 3 is 2.67 bits per heavy atom. The molecule has 0 unspecified atom stereocenters. The van der Waals surface area contributed by atoms with Gasteiger partial charge in [0.25, 0.3) is 0 Å². The SMILES string of the molecule is CCCCN1CCC(COC(CC)=Nc2ccc(F)cc2C)CC1. The predicted molar refractivity (Wildman–Crippen MR) is 98.5 cm³/mol. The Labute approximate surface area is 145 Å². The van der Waals surface area contributed by atoms with Gasteiger partial charge in [0.15, 0.2) is 5.90 Å². The van der Waals surface area contributed by atoms with Crippen molar-refractivity contribution in [2.24, 2.45) is 10.9 Å². The van der Waals surface area contributed by atoms with Crippen molar-refractivity contribution in [3.8, 4) is 0 Å². The van der Waals surface area contributed by atoms with E-state index in [1.807, 2.05) is 13.8 Å². The third kappa shape index (κ3) is 5.90. The van der Waals surface area contributed by atoms with Crippen LogP contribution in [-0.2, 0) is 4.74 Å². The maximum absolute atomic E-state index is 13.2. The number of rotatable bonds is 7. The number of aliphatic imine (C=N–C) groups is 1. The van der Waals surface area contributed by atoms with E-state index in [-0.39, 0.29) is 5.82 Å². The van der Waals surface area contributed by atoms with Gasteiger partial charge in [-0.2, -0.15) is 0 Å². The number of hydrogen-bond donors (Lipinski definition) is 0. The number of halogens is 1. The fourth-order valence-electron chi connectivity index (χ4n) is 3.06. The van der Waals surface area contributed by atoms with Crippen molar-refractivity contribution in [3.05, 3.63) is 29.6 Å². The van der Waals surface area contributed by atoms with Crippen LogP contribution in [0, 0.1) is 18.7 Å². The maximum atomic E-state index is 13.2. The normalized spacial score (nSPS) is 17.2. The number of ether oxygens (including phenoxy) is 1. The van der Waals surface area contributed by atoms with Crippen LogP contribution in [0.25, 0.3) is 0 Å². The highest BCUT2D eigenvalue weighted by atomic mass is 19.1. The molecule has 1 aromatic rings. The molecule has 134 valence electrons. The summed E-state index contributed by atoms with van der Waals surface area (Å²) in [6.07, 6.45) is 5.73. The van der Waals surface area contributed by atoms with E-state index >= 15 is 0 Å². The second kappa shape index (κ2) is 9.77. The third-order valence-corrected chi connectivity index (χ3v) is 4.73. The van der Waals surface area contributed by atoms with Crippen LogP contribution in [0.4, 0.5) is 10.1 Å². The number of unbranched alkanes of at least 4 members (excludes halogenated alkanes) is 1. The Kier molecular flexibility index (Phi) is 7.70. The summed E-state index contributed by atoms with van der Waals surface area (Å²) in [4.78, 5) is 7.14. The lowest BCUT2D eigenvalue weighted by Crippen LogP contribution is -2.35. The van der Waals surface area contributed by atoms with Gasteiger partial charge in [-0.25, -0.2) is 9.38 Å². The molecular formula is C20H31FN2O. The van der Waals surface area contributed by atoms with Gasteiger partial charge in [-0.05, 0) is 75.5 Å². The molecular weight excluding hydrogens is 303 g/mol. The minimum atomic E-state index is -0.222. The monoisotopic (exact) mass is 334 g/mol. The molecule has 3 nitrogen and oxygen atoms in total. The van der Waals surface area contributed by atoms with Crippen LogP contribution in [0.2, 0.25) is 0 Å². The first-order valence-corrected chi connectivity index (χ1v) is 9.31. The highest BCUT2D eigenvalue weighted by Gasteiger charge is 2.19. The van der Waals surface area contributed by atoms with Crippen molar-refractivity contribution in [2.75, 3.05) is 26.2 Å². The highest BCUT2D eigenvalue weighted by Crippen LogP contribution is 2.21. The predicted octanol–water partition coefficient (Wildman–Crippen LogP) is 5.10. The topological polar surface area (TPSA) is 24.8 Å². The summed E-state index contributed by atoms with van der Waals surface area (Å²) in [5.74, 6) is 1.15. The number of piperidine rings is 1. The molecule has 24 heavy (non-hydrogen) atoms. The van der Waals surface area contributed by atoms with Crippen LogP contribution >= 0.6 is 0 Å². The van der Waals surface area contributed by atoms with Crippen molar-refractivity contribution < 1.29 is 9.13 Å². The summed E-state index contributed by atoms with van der Waals surface area (Å²) >= 11 is 0. The molecule has 1 saturated heterocycles. The smallest absolute Gasteiger partial charge is 0.188 e. The van der Waals surface area contributed by atoms with Gasteiger partial charge in [0, 0.05) is 6.42 Å². The van der Waals surface area contributed by atoms with E-state index in [0.717, 1.165) is 30.2 Å². The van der Waals surface area contributed by atoms with Gasteiger partial charge < -0.3 is 9.64 Å². The molecule has 0 amide bonds. The van der Waals surface area contributed by atoms with Crippen molar-refractivity contribution >= 4 is 11.6 Å². The standard InChI is InChI=1S/C20H31FN2O/c1-4-6-11-23-12-9-17(10-13-23)15-24-20(5-2)22-19-8-7-18(21)14-16(19)3/h7-8,14,17H,4-6,9-13,15H2,1-3H3. The summed E-state index contributed by atoms with van der Waals surface area (Å²) in [7, 11) is 0. The Balaban J connectivity index is 1.82. The molecule has 1 aliphatic heterocycles. The van der Waals surface area contributed by atoms with E-state index in [0.29, 0.717) is 5.92 Å². The van der Waals surface area contributed by atoms with Gasteiger partial charge in [-0.3, -0.25) is 0 Å². The zero-order valence-corrected chi connectivity index (χ0v) is 15.4. The number of aryl methyl sites for hydroxylation is 1. The second-order valence-electron chi connectivity index (χ2n) is 6.74. The van der Waals surface area contributed by atoms with Crippen molar-refractivity contribution in [1.82, 2.24) is 4.90 Å². The number of nitrogens with zero attached hydrogens (tertiary/aromatic N) is 2. The first-order valence-electron chi connectivity index (χ1n) is 9.31. The van der Waals surface area contributed by atoms with Crippen LogP contribution in [0.1, 0.15) is 51.5 Å². The molecule has 4 heteroatoms. The zero-order valence-electron chi connectivity index (χ0n) is 15.4. The number of likely N-dealkylation sites (tertiary alicyclic amines) is 1. The number of benzene rings is 1. The van der Waals surface area contributed by atoms with Gasteiger partial charge in [-0.1, -0.05) is 20.3 Å². The average Bonchev–Trinajstić information content (AvgIpc) is 2.59. The molecule has 1 aliphatic rings. The van der Waals surface area contributed by atoms with Gasteiger partial charge >= 0.3 is 0 Å². The third-order valence-electron chi connectivity index (χ3n) is 4.73. The van der Waals surface area contributed by atoms with Gasteiger partial charge in [0.1, 0.15) is 5.82 Å². The van der Waals surface area contributed by atoms with E-state index in [4.69, 9.17) is 4.74 Å². The molecule has 0 spiro atoms. The summed E-state index contributed by atoms with van der Waals surface area (Å²) in [6.45, 7) is 10.5. The summed E-state index contributed by atoms with van der Waals surface area (Å²) < 4.78 is 19.2. The molecule has 1 fully saturated rings. The lowest BCUT2D eigenvalue weighted by molar-refractivity contribution is 0.134. The molecule has 0 atom stereocenters. The fourth-order valence-corrected chi connectivity index (χ4v) is 3.06. The lowest BCUT2D eigenvalue weighted by atomic mass is 9.97. The van der Waals surface area contributed by atoms with Crippen molar-refractivity contribution in [2.45, 2.75) is 52.9 Å². The fraction of sp³-hybridized carbons (Fsp3) is 0.650. The summed E-state index contributed by atoms with van der Waals surface area (Å²) in [5, 5.41) is 0. The van der Waals surface area contributed by atoms with Crippen LogP contribution in [-0.4, -0.2) is 37.0 Å². The maximum Gasteiger partial charge on any atom is 0.188 e.